The average Bonchev–Trinajstić information content (AvgIpc) is 3.27. The van der Waals surface area contributed by atoms with Crippen molar-refractivity contribution >= 4 is 11.9 Å². The van der Waals surface area contributed by atoms with E-state index in [1.807, 2.05) is 13.0 Å². The van der Waals surface area contributed by atoms with E-state index < -0.39 is 17.5 Å². The van der Waals surface area contributed by atoms with Crippen molar-refractivity contribution in [3.05, 3.63) is 35.3 Å². The Balaban J connectivity index is 1.61. The quantitative estimate of drug-likeness (QED) is 0.787. The van der Waals surface area contributed by atoms with Crippen LogP contribution in [-0.4, -0.2) is 29.3 Å². The van der Waals surface area contributed by atoms with Gasteiger partial charge in [0.05, 0.1) is 29.6 Å². The Morgan fingerprint density at radius 3 is 2.80 bits per heavy atom. The maximum absolute atomic E-state index is 13.1. The van der Waals surface area contributed by atoms with Crippen molar-refractivity contribution < 1.29 is 28.6 Å². The van der Waals surface area contributed by atoms with Gasteiger partial charge in [0.25, 0.3) is 0 Å². The van der Waals surface area contributed by atoms with Crippen molar-refractivity contribution in [2.24, 2.45) is 17.3 Å². The normalized spacial score (nSPS) is 42.6. The largest absolute Gasteiger partial charge is 0.472 e. The molecule has 3 heterocycles. The van der Waals surface area contributed by atoms with Gasteiger partial charge in [-0.3, -0.25) is 4.79 Å². The molecule has 1 saturated carbocycles. The number of carbonyl (C=O) groups is 2. The molecule has 0 radical (unpaired) electrons. The molecule has 6 nitrogen and oxygen atoms in total. The number of ether oxygens (including phenoxy) is 2. The van der Waals surface area contributed by atoms with Crippen LogP contribution in [0.4, 0.5) is 0 Å². The van der Waals surface area contributed by atoms with Gasteiger partial charge in [0.2, 0.25) is 0 Å². The third-order valence-corrected chi connectivity index (χ3v) is 6.70. The minimum atomic E-state index is -0.781. The van der Waals surface area contributed by atoms with Gasteiger partial charge in [0, 0.05) is 17.9 Å². The Bertz CT molecular complexity index is 778. The van der Waals surface area contributed by atoms with Crippen LogP contribution < -0.4 is 0 Å². The molecule has 0 bridgehead atoms. The van der Waals surface area contributed by atoms with Gasteiger partial charge in [-0.1, -0.05) is 6.92 Å². The number of rotatable bonds is 1. The van der Waals surface area contributed by atoms with E-state index in [1.54, 1.807) is 12.5 Å². The molecule has 2 fully saturated rings. The van der Waals surface area contributed by atoms with Crippen LogP contribution in [0.1, 0.15) is 44.3 Å². The Hall–Kier alpha value is -2.08. The van der Waals surface area contributed by atoms with E-state index in [-0.39, 0.29) is 30.0 Å². The lowest BCUT2D eigenvalue weighted by Crippen LogP contribution is -2.50. The minimum absolute atomic E-state index is 0.0399. The number of aliphatic hydroxyl groups is 1. The summed E-state index contributed by atoms with van der Waals surface area (Å²) in [6, 6.07) is 1.82. The highest BCUT2D eigenvalue weighted by molar-refractivity contribution is 5.95. The summed E-state index contributed by atoms with van der Waals surface area (Å²) in [5.74, 6) is -0.676. The van der Waals surface area contributed by atoms with E-state index in [2.05, 4.69) is 0 Å². The van der Waals surface area contributed by atoms with Crippen LogP contribution in [0.2, 0.25) is 0 Å². The molecular weight excluding hydrogens is 324 g/mol. The summed E-state index contributed by atoms with van der Waals surface area (Å²) in [6.07, 6.45) is 4.11. The first-order valence-electron chi connectivity index (χ1n) is 8.88. The third-order valence-electron chi connectivity index (χ3n) is 6.70. The van der Waals surface area contributed by atoms with Crippen LogP contribution in [0.5, 0.6) is 0 Å². The molecule has 6 heteroatoms. The lowest BCUT2D eigenvalue weighted by Gasteiger charge is -2.47. The number of aliphatic hydroxyl groups excluding tert-OH is 1. The van der Waals surface area contributed by atoms with Gasteiger partial charge in [-0.05, 0) is 36.8 Å². The van der Waals surface area contributed by atoms with Gasteiger partial charge in [-0.15, -0.1) is 0 Å². The maximum Gasteiger partial charge on any atom is 0.337 e. The standard InChI is InChI=1S/C19H20O6/c1-9-6-13-15-11(2-3-12(20)16(15)17(21)24-13)19(9)7-14(25-18(19)22)10-4-5-23-8-10/h4-5,8-9,11-14,20H,2-3,6-7H2,1H3/t9-,11-,12-,13-,14-,19-/m0/s1. The number of hydrogen-bond donors (Lipinski definition) is 1. The number of carbonyl (C=O) groups excluding carboxylic acids is 2. The summed E-state index contributed by atoms with van der Waals surface area (Å²) >= 11 is 0. The van der Waals surface area contributed by atoms with Gasteiger partial charge in [-0.25, -0.2) is 4.79 Å². The Labute approximate surface area is 144 Å². The molecule has 0 aromatic carbocycles. The molecule has 2 aliphatic carbocycles. The van der Waals surface area contributed by atoms with Crippen molar-refractivity contribution in [1.29, 1.82) is 0 Å². The van der Waals surface area contributed by atoms with Gasteiger partial charge < -0.3 is 19.0 Å². The van der Waals surface area contributed by atoms with Crippen LogP contribution in [0, 0.1) is 17.3 Å². The molecule has 132 valence electrons. The summed E-state index contributed by atoms with van der Waals surface area (Å²) in [5, 5.41) is 10.3. The molecule has 2 aliphatic heterocycles. The molecule has 4 aliphatic rings. The van der Waals surface area contributed by atoms with Crippen LogP contribution in [-0.2, 0) is 19.1 Å². The van der Waals surface area contributed by atoms with Crippen LogP contribution in [0.25, 0.3) is 0 Å². The summed E-state index contributed by atoms with van der Waals surface area (Å²) < 4.78 is 16.4. The van der Waals surface area contributed by atoms with Crippen molar-refractivity contribution in [3.8, 4) is 0 Å². The second-order valence-corrected chi connectivity index (χ2v) is 7.74. The number of cyclic esters (lactones) is 1. The molecule has 0 unspecified atom stereocenters. The predicted octanol–water partition coefficient (Wildman–Crippen LogP) is 2.29. The maximum atomic E-state index is 13.1. The highest BCUT2D eigenvalue weighted by atomic mass is 16.6. The monoisotopic (exact) mass is 344 g/mol. The SMILES string of the molecule is C[C@H]1C[C@@H]2OC(=O)C3=C2[C@H](CC[C@@H]3O)[C@]12C[C@@H](c1ccoc1)OC2=O. The first-order chi connectivity index (χ1) is 12.0. The Morgan fingerprint density at radius 1 is 1.20 bits per heavy atom. The van der Waals surface area contributed by atoms with E-state index >= 15 is 0 Å². The van der Waals surface area contributed by atoms with E-state index in [0.717, 1.165) is 11.1 Å². The van der Waals surface area contributed by atoms with E-state index in [9.17, 15) is 14.7 Å². The molecule has 6 atom stereocenters. The number of furan rings is 1. The van der Waals surface area contributed by atoms with E-state index in [1.165, 1.54) is 0 Å². The highest BCUT2D eigenvalue weighted by Gasteiger charge is 2.64. The zero-order valence-corrected chi connectivity index (χ0v) is 13.9. The van der Waals surface area contributed by atoms with Gasteiger partial charge in [0.1, 0.15) is 12.2 Å². The summed E-state index contributed by atoms with van der Waals surface area (Å²) in [4.78, 5) is 25.3. The average molecular weight is 344 g/mol. The lowest BCUT2D eigenvalue weighted by molar-refractivity contribution is -0.156. The van der Waals surface area contributed by atoms with Gasteiger partial charge in [0.15, 0.2) is 0 Å². The van der Waals surface area contributed by atoms with Crippen LogP contribution in [0.15, 0.2) is 34.2 Å². The molecule has 5 rings (SSSR count). The zero-order valence-electron chi connectivity index (χ0n) is 13.9. The fraction of sp³-hybridized carbons (Fsp3) is 0.579. The summed E-state index contributed by atoms with van der Waals surface area (Å²) in [6.45, 7) is 2.05. The fourth-order valence-corrected chi connectivity index (χ4v) is 5.50. The number of fused-ring (bicyclic) bond motifs is 1. The fourth-order valence-electron chi connectivity index (χ4n) is 5.50. The summed E-state index contributed by atoms with van der Waals surface area (Å²) in [7, 11) is 0. The first-order valence-corrected chi connectivity index (χ1v) is 8.88. The number of esters is 2. The molecule has 1 N–H and O–H groups in total. The molecule has 0 amide bonds. The Morgan fingerprint density at radius 2 is 2.04 bits per heavy atom. The van der Waals surface area contributed by atoms with Gasteiger partial charge >= 0.3 is 11.9 Å². The highest BCUT2D eigenvalue weighted by Crippen LogP contribution is 2.62. The van der Waals surface area contributed by atoms with E-state index in [4.69, 9.17) is 13.9 Å². The van der Waals surface area contributed by atoms with Crippen molar-refractivity contribution in [3.63, 3.8) is 0 Å². The molecule has 1 saturated heterocycles. The summed E-state index contributed by atoms with van der Waals surface area (Å²) in [5.41, 5.74) is 1.45. The Kier molecular flexibility index (Phi) is 3.02. The second-order valence-electron chi connectivity index (χ2n) is 7.74. The molecule has 1 spiro atoms. The smallest absolute Gasteiger partial charge is 0.337 e. The van der Waals surface area contributed by atoms with Crippen LogP contribution in [0.3, 0.4) is 0 Å². The lowest BCUT2D eigenvalue weighted by atomic mass is 9.53. The molecule has 1 aromatic rings. The van der Waals surface area contributed by atoms with Crippen molar-refractivity contribution in [2.45, 2.75) is 50.9 Å². The van der Waals surface area contributed by atoms with Crippen molar-refractivity contribution in [2.75, 3.05) is 0 Å². The minimum Gasteiger partial charge on any atom is -0.472 e. The molecule has 1 aromatic heterocycles. The third kappa shape index (κ3) is 1.83. The topological polar surface area (TPSA) is 86.0 Å². The number of hydrogen-bond acceptors (Lipinski definition) is 6. The van der Waals surface area contributed by atoms with E-state index in [0.29, 0.717) is 31.3 Å². The van der Waals surface area contributed by atoms with Crippen molar-refractivity contribution in [1.82, 2.24) is 0 Å². The molecule has 25 heavy (non-hydrogen) atoms. The van der Waals surface area contributed by atoms with Crippen LogP contribution >= 0.6 is 0 Å². The van der Waals surface area contributed by atoms with Gasteiger partial charge in [-0.2, -0.15) is 0 Å². The predicted molar refractivity (Wildman–Crippen MR) is 84.0 cm³/mol. The zero-order chi connectivity index (χ0) is 17.3. The second kappa shape index (κ2) is 4.97. The molecular formula is C19H20O6. The first kappa shape index (κ1) is 15.2.